The van der Waals surface area contributed by atoms with Crippen LogP contribution in [-0.2, 0) is 14.3 Å². The van der Waals surface area contributed by atoms with Crippen LogP contribution in [0.3, 0.4) is 0 Å². The van der Waals surface area contributed by atoms with Gasteiger partial charge in [0.25, 0.3) is 0 Å². The Morgan fingerprint density at radius 2 is 2.10 bits per heavy atom. The number of ketones is 1. The maximum Gasteiger partial charge on any atom is 0.303 e. The minimum atomic E-state index is -1.17. The van der Waals surface area contributed by atoms with Gasteiger partial charge in [-0.1, -0.05) is 26.0 Å². The monoisotopic (exact) mass is 276 g/mol. The van der Waals surface area contributed by atoms with Crippen LogP contribution in [0.5, 0.6) is 0 Å². The lowest BCUT2D eigenvalue weighted by atomic mass is 9.56. The third-order valence-corrected chi connectivity index (χ3v) is 5.23. The third-order valence-electron chi connectivity index (χ3n) is 5.23. The van der Waals surface area contributed by atoms with Gasteiger partial charge in [0.05, 0.1) is 0 Å². The minimum Gasteiger partial charge on any atom is -0.446 e. The lowest BCUT2D eigenvalue weighted by molar-refractivity contribution is -0.164. The molecule has 0 aliphatic heterocycles. The highest BCUT2D eigenvalue weighted by atomic mass is 16.6. The van der Waals surface area contributed by atoms with Gasteiger partial charge in [0.15, 0.2) is 5.60 Å². The molecule has 0 bridgehead atoms. The van der Waals surface area contributed by atoms with Gasteiger partial charge in [-0.25, -0.2) is 0 Å². The molecule has 3 nitrogen and oxygen atoms in total. The maximum atomic E-state index is 12.6. The fraction of sp³-hybridized carbons (Fsp3) is 0.647. The molecule has 2 aliphatic rings. The van der Waals surface area contributed by atoms with E-state index in [9.17, 15) is 9.59 Å². The zero-order chi connectivity index (χ0) is 15.1. The summed E-state index contributed by atoms with van der Waals surface area (Å²) in [4.78, 5) is 24.1. The molecule has 0 aromatic carbocycles. The first-order valence-electron chi connectivity index (χ1n) is 7.33. The molecule has 2 rings (SSSR count). The molecular weight excluding hydrogens is 252 g/mol. The highest BCUT2D eigenvalue weighted by Gasteiger charge is 2.54. The van der Waals surface area contributed by atoms with Gasteiger partial charge in [-0.2, -0.15) is 0 Å². The maximum absolute atomic E-state index is 12.6. The standard InChI is InChI=1S/C17H24O3/c1-11(2)17(20-13(4)18)10-16(5)12(3)7-6-8-14(16)9-15(17)19/h9,12H,1,6-8,10H2,2-5H3. The van der Waals surface area contributed by atoms with Gasteiger partial charge in [0.2, 0.25) is 5.78 Å². The van der Waals surface area contributed by atoms with Crippen LogP contribution < -0.4 is 0 Å². The Labute approximate surface area is 121 Å². The van der Waals surface area contributed by atoms with E-state index in [1.165, 1.54) is 12.5 Å². The SMILES string of the molecule is C=C(C)C1(OC(C)=O)CC2(C)C(=CC1=O)CCCC2C. The van der Waals surface area contributed by atoms with E-state index in [4.69, 9.17) is 4.74 Å². The molecule has 1 saturated carbocycles. The molecule has 3 atom stereocenters. The molecule has 0 heterocycles. The van der Waals surface area contributed by atoms with E-state index >= 15 is 0 Å². The zero-order valence-corrected chi connectivity index (χ0v) is 12.9. The molecule has 110 valence electrons. The fourth-order valence-electron chi connectivity index (χ4n) is 3.70. The van der Waals surface area contributed by atoms with Crippen molar-refractivity contribution < 1.29 is 14.3 Å². The number of carbonyl (C=O) groups is 2. The van der Waals surface area contributed by atoms with Crippen LogP contribution in [-0.4, -0.2) is 17.4 Å². The summed E-state index contributed by atoms with van der Waals surface area (Å²) in [5.74, 6) is -0.0723. The predicted octanol–water partition coefficient (Wildman–Crippen LogP) is 3.59. The summed E-state index contributed by atoms with van der Waals surface area (Å²) in [6, 6.07) is 0. The topological polar surface area (TPSA) is 43.4 Å². The quantitative estimate of drug-likeness (QED) is 0.572. The average molecular weight is 276 g/mol. The first-order valence-corrected chi connectivity index (χ1v) is 7.33. The predicted molar refractivity (Wildman–Crippen MR) is 78.1 cm³/mol. The van der Waals surface area contributed by atoms with Crippen molar-refractivity contribution in [2.24, 2.45) is 11.3 Å². The van der Waals surface area contributed by atoms with E-state index in [-0.39, 0.29) is 11.2 Å². The molecule has 0 radical (unpaired) electrons. The largest absolute Gasteiger partial charge is 0.446 e. The first kappa shape index (κ1) is 15.0. The summed E-state index contributed by atoms with van der Waals surface area (Å²) >= 11 is 0. The van der Waals surface area contributed by atoms with Crippen LogP contribution in [0, 0.1) is 11.3 Å². The van der Waals surface area contributed by atoms with Gasteiger partial charge >= 0.3 is 5.97 Å². The second-order valence-electron chi connectivity index (χ2n) is 6.62. The molecule has 0 spiro atoms. The average Bonchev–Trinajstić information content (AvgIpc) is 2.32. The van der Waals surface area contributed by atoms with E-state index in [0.29, 0.717) is 17.9 Å². The number of esters is 1. The molecule has 0 N–H and O–H groups in total. The molecular formula is C17H24O3. The van der Waals surface area contributed by atoms with Crippen LogP contribution in [0.2, 0.25) is 0 Å². The number of rotatable bonds is 2. The van der Waals surface area contributed by atoms with Crippen molar-refractivity contribution in [3.05, 3.63) is 23.8 Å². The molecule has 0 aromatic rings. The van der Waals surface area contributed by atoms with Gasteiger partial charge in [-0.05, 0) is 49.2 Å². The lowest BCUT2D eigenvalue weighted by Gasteiger charge is -2.50. The third kappa shape index (κ3) is 2.13. The van der Waals surface area contributed by atoms with Crippen molar-refractivity contribution in [1.82, 2.24) is 0 Å². The number of carbonyl (C=O) groups excluding carboxylic acids is 2. The number of hydrogen-bond acceptors (Lipinski definition) is 3. The molecule has 20 heavy (non-hydrogen) atoms. The van der Waals surface area contributed by atoms with Crippen molar-refractivity contribution in [3.8, 4) is 0 Å². The minimum absolute atomic E-state index is 0.0828. The second kappa shape index (κ2) is 4.87. The summed E-state index contributed by atoms with van der Waals surface area (Å²) in [6.45, 7) is 11.5. The molecule has 3 unspecified atom stereocenters. The normalized spacial score (nSPS) is 36.9. The summed E-state index contributed by atoms with van der Waals surface area (Å²) in [6.07, 6.45) is 5.49. The molecule has 1 fully saturated rings. The number of hydrogen-bond donors (Lipinski definition) is 0. The van der Waals surface area contributed by atoms with Gasteiger partial charge in [0, 0.05) is 13.3 Å². The molecule has 0 aromatic heterocycles. The highest BCUT2D eigenvalue weighted by Crippen LogP contribution is 2.54. The summed E-state index contributed by atoms with van der Waals surface area (Å²) < 4.78 is 5.48. The Morgan fingerprint density at radius 1 is 1.45 bits per heavy atom. The van der Waals surface area contributed by atoms with Crippen molar-refractivity contribution in [2.45, 2.75) is 59.0 Å². The van der Waals surface area contributed by atoms with Crippen LogP contribution in [0.1, 0.15) is 53.4 Å². The van der Waals surface area contributed by atoms with Crippen LogP contribution >= 0.6 is 0 Å². The van der Waals surface area contributed by atoms with Gasteiger partial charge in [-0.15, -0.1) is 0 Å². The van der Waals surface area contributed by atoms with Crippen molar-refractivity contribution in [3.63, 3.8) is 0 Å². The number of fused-ring (bicyclic) bond motifs is 1. The van der Waals surface area contributed by atoms with E-state index in [1.807, 2.05) is 0 Å². The summed E-state index contributed by atoms with van der Waals surface area (Å²) in [5, 5.41) is 0. The van der Waals surface area contributed by atoms with E-state index < -0.39 is 11.6 Å². The smallest absolute Gasteiger partial charge is 0.303 e. The van der Waals surface area contributed by atoms with Crippen molar-refractivity contribution in [1.29, 1.82) is 0 Å². The Balaban J connectivity index is 2.52. The van der Waals surface area contributed by atoms with Crippen LogP contribution in [0.4, 0.5) is 0 Å². The molecule has 2 aliphatic carbocycles. The van der Waals surface area contributed by atoms with Crippen LogP contribution in [0.25, 0.3) is 0 Å². The second-order valence-corrected chi connectivity index (χ2v) is 6.62. The first-order chi connectivity index (χ1) is 9.22. The summed E-state index contributed by atoms with van der Waals surface area (Å²) in [5.41, 5.74) is 0.577. The van der Waals surface area contributed by atoms with Gasteiger partial charge < -0.3 is 4.74 Å². The van der Waals surface area contributed by atoms with Gasteiger partial charge in [0.1, 0.15) is 0 Å². The fourth-order valence-corrected chi connectivity index (χ4v) is 3.70. The van der Waals surface area contributed by atoms with Crippen molar-refractivity contribution in [2.75, 3.05) is 0 Å². The van der Waals surface area contributed by atoms with Crippen LogP contribution in [0.15, 0.2) is 23.8 Å². The van der Waals surface area contributed by atoms with E-state index in [2.05, 4.69) is 20.4 Å². The number of allylic oxidation sites excluding steroid dienone is 1. The zero-order valence-electron chi connectivity index (χ0n) is 12.9. The Morgan fingerprint density at radius 3 is 2.65 bits per heavy atom. The van der Waals surface area contributed by atoms with E-state index in [0.717, 1.165) is 19.3 Å². The Hall–Kier alpha value is -1.38. The molecule has 3 heteroatoms. The Kier molecular flexibility index (Phi) is 3.66. The molecule has 0 saturated heterocycles. The highest BCUT2D eigenvalue weighted by molar-refractivity contribution is 6.02. The summed E-state index contributed by atoms with van der Waals surface area (Å²) in [7, 11) is 0. The van der Waals surface area contributed by atoms with Crippen molar-refractivity contribution >= 4 is 11.8 Å². The lowest BCUT2D eigenvalue weighted by Crippen LogP contribution is -2.52. The Bertz CT molecular complexity index is 502. The molecule has 0 amide bonds. The number of ether oxygens (including phenoxy) is 1. The van der Waals surface area contributed by atoms with Gasteiger partial charge in [-0.3, -0.25) is 9.59 Å². The van der Waals surface area contributed by atoms with E-state index in [1.54, 1.807) is 13.0 Å².